The Morgan fingerprint density at radius 3 is 2.38 bits per heavy atom. The van der Waals surface area contributed by atoms with Crippen molar-refractivity contribution in [3.63, 3.8) is 0 Å². The van der Waals surface area contributed by atoms with Crippen LogP contribution in [0.5, 0.6) is 0 Å². The van der Waals surface area contributed by atoms with Crippen LogP contribution in [-0.2, 0) is 11.0 Å². The van der Waals surface area contributed by atoms with Crippen LogP contribution >= 0.6 is 0 Å². The number of anilines is 1. The second kappa shape index (κ2) is 4.38. The number of hydrogen-bond acceptors (Lipinski definition) is 1. The van der Waals surface area contributed by atoms with Crippen molar-refractivity contribution < 1.29 is 18.0 Å². The average Bonchev–Trinajstić information content (AvgIpc) is 2.16. The minimum Gasteiger partial charge on any atom is -0.322 e. The van der Waals surface area contributed by atoms with E-state index in [1.807, 2.05) is 0 Å². The number of para-hydroxylation sites is 1. The van der Waals surface area contributed by atoms with E-state index in [2.05, 4.69) is 11.9 Å². The molecule has 1 aromatic carbocycles. The maximum absolute atomic E-state index is 12.5. The Morgan fingerprint density at radius 2 is 1.88 bits per heavy atom. The smallest absolute Gasteiger partial charge is 0.322 e. The molecule has 0 saturated heterocycles. The van der Waals surface area contributed by atoms with Gasteiger partial charge in [0.2, 0.25) is 0 Å². The topological polar surface area (TPSA) is 29.1 Å². The van der Waals surface area contributed by atoms with E-state index in [0.29, 0.717) is 0 Å². The van der Waals surface area contributed by atoms with Gasteiger partial charge in [0.15, 0.2) is 0 Å². The molecule has 1 N–H and O–H groups in total. The maximum Gasteiger partial charge on any atom is 0.418 e. The van der Waals surface area contributed by atoms with Gasteiger partial charge in [0.25, 0.3) is 5.91 Å². The molecule has 0 heterocycles. The third-order valence-electron chi connectivity index (χ3n) is 1.87. The maximum atomic E-state index is 12.5. The normalized spacial score (nSPS) is 11.0. The Kier molecular flexibility index (Phi) is 3.37. The molecule has 0 radical (unpaired) electrons. The molecular formula is C11H10F3NO. The zero-order valence-electron chi connectivity index (χ0n) is 8.56. The summed E-state index contributed by atoms with van der Waals surface area (Å²) in [6.45, 7) is 4.77. The number of amides is 1. The highest BCUT2D eigenvalue weighted by Crippen LogP contribution is 2.34. The van der Waals surface area contributed by atoms with E-state index < -0.39 is 17.6 Å². The van der Waals surface area contributed by atoms with Gasteiger partial charge in [-0.2, -0.15) is 13.2 Å². The molecule has 0 aliphatic heterocycles. The zero-order chi connectivity index (χ0) is 12.3. The molecule has 0 aliphatic rings. The highest BCUT2D eigenvalue weighted by Gasteiger charge is 2.33. The van der Waals surface area contributed by atoms with Gasteiger partial charge in [-0.05, 0) is 19.1 Å². The molecule has 1 aromatic rings. The second-order valence-corrected chi connectivity index (χ2v) is 3.28. The van der Waals surface area contributed by atoms with Crippen LogP contribution in [0.2, 0.25) is 0 Å². The van der Waals surface area contributed by atoms with Gasteiger partial charge < -0.3 is 5.32 Å². The molecule has 86 valence electrons. The van der Waals surface area contributed by atoms with Gasteiger partial charge in [0, 0.05) is 5.57 Å². The van der Waals surface area contributed by atoms with Crippen molar-refractivity contribution in [1.82, 2.24) is 0 Å². The number of carbonyl (C=O) groups is 1. The first kappa shape index (κ1) is 12.3. The van der Waals surface area contributed by atoms with Crippen molar-refractivity contribution in [2.45, 2.75) is 13.1 Å². The number of nitrogens with one attached hydrogen (secondary N) is 1. The molecule has 1 amide bonds. The van der Waals surface area contributed by atoms with Crippen LogP contribution in [0.25, 0.3) is 0 Å². The first-order valence-electron chi connectivity index (χ1n) is 4.45. The van der Waals surface area contributed by atoms with Crippen LogP contribution in [0, 0.1) is 0 Å². The summed E-state index contributed by atoms with van der Waals surface area (Å²) in [6.07, 6.45) is -4.49. The van der Waals surface area contributed by atoms with Crippen LogP contribution in [0.3, 0.4) is 0 Å². The van der Waals surface area contributed by atoms with Crippen LogP contribution in [0.1, 0.15) is 12.5 Å². The summed E-state index contributed by atoms with van der Waals surface area (Å²) in [5.74, 6) is -0.628. The van der Waals surface area contributed by atoms with Crippen molar-refractivity contribution in [3.05, 3.63) is 42.0 Å². The number of hydrogen-bond donors (Lipinski definition) is 1. The van der Waals surface area contributed by atoms with E-state index in [1.165, 1.54) is 25.1 Å². The average molecular weight is 229 g/mol. The molecule has 0 aromatic heterocycles. The van der Waals surface area contributed by atoms with Crippen molar-refractivity contribution in [3.8, 4) is 0 Å². The lowest BCUT2D eigenvalue weighted by Gasteiger charge is -2.13. The zero-order valence-corrected chi connectivity index (χ0v) is 8.56. The van der Waals surface area contributed by atoms with Crippen LogP contribution in [0.15, 0.2) is 36.4 Å². The monoisotopic (exact) mass is 229 g/mol. The van der Waals surface area contributed by atoms with Gasteiger partial charge in [-0.25, -0.2) is 0 Å². The SMILES string of the molecule is C=C(C)C(=O)Nc1ccccc1C(F)(F)F. The number of benzene rings is 1. The molecule has 0 bridgehead atoms. The van der Waals surface area contributed by atoms with Crippen molar-refractivity contribution in [2.75, 3.05) is 5.32 Å². The second-order valence-electron chi connectivity index (χ2n) is 3.28. The van der Waals surface area contributed by atoms with Gasteiger partial charge in [0.1, 0.15) is 0 Å². The molecule has 0 fully saturated rings. The first-order chi connectivity index (χ1) is 7.32. The summed E-state index contributed by atoms with van der Waals surface area (Å²) in [4.78, 5) is 11.2. The van der Waals surface area contributed by atoms with Crippen LogP contribution in [-0.4, -0.2) is 5.91 Å². The van der Waals surface area contributed by atoms with E-state index in [-0.39, 0.29) is 11.3 Å². The lowest BCUT2D eigenvalue weighted by Crippen LogP contribution is -2.16. The molecule has 0 saturated carbocycles. The molecule has 0 spiro atoms. The van der Waals surface area contributed by atoms with Gasteiger partial charge in [-0.1, -0.05) is 18.7 Å². The lowest BCUT2D eigenvalue weighted by molar-refractivity contribution is -0.137. The summed E-state index contributed by atoms with van der Waals surface area (Å²) >= 11 is 0. The molecule has 0 unspecified atom stereocenters. The van der Waals surface area contributed by atoms with Gasteiger partial charge in [-0.3, -0.25) is 4.79 Å². The van der Waals surface area contributed by atoms with E-state index >= 15 is 0 Å². The number of rotatable bonds is 2. The predicted octanol–water partition coefficient (Wildman–Crippen LogP) is 3.22. The Hall–Kier alpha value is -1.78. The standard InChI is InChI=1S/C11H10F3NO/c1-7(2)10(16)15-9-6-4-3-5-8(9)11(12,13)14/h3-6H,1H2,2H3,(H,15,16). The van der Waals surface area contributed by atoms with Crippen LogP contribution in [0.4, 0.5) is 18.9 Å². The first-order valence-corrected chi connectivity index (χ1v) is 4.45. The Labute approximate surface area is 90.8 Å². The Balaban J connectivity index is 3.05. The minimum absolute atomic E-state index is 0.150. The van der Waals surface area contributed by atoms with Gasteiger partial charge in [-0.15, -0.1) is 0 Å². The summed E-state index contributed by atoms with van der Waals surface area (Å²) in [5.41, 5.74) is -0.982. The highest BCUT2D eigenvalue weighted by molar-refractivity contribution is 6.03. The minimum atomic E-state index is -4.49. The Morgan fingerprint density at radius 1 is 1.31 bits per heavy atom. The van der Waals surface area contributed by atoms with Crippen molar-refractivity contribution in [1.29, 1.82) is 0 Å². The quantitative estimate of drug-likeness (QED) is 0.775. The summed E-state index contributed by atoms with van der Waals surface area (Å²) in [7, 11) is 0. The molecule has 0 atom stereocenters. The molecule has 5 heteroatoms. The molecule has 0 aliphatic carbocycles. The number of halogens is 3. The van der Waals surface area contributed by atoms with E-state index in [1.54, 1.807) is 0 Å². The third-order valence-corrected chi connectivity index (χ3v) is 1.87. The number of alkyl halides is 3. The molecule has 2 nitrogen and oxygen atoms in total. The van der Waals surface area contributed by atoms with Crippen LogP contribution < -0.4 is 5.32 Å². The van der Waals surface area contributed by atoms with Gasteiger partial charge in [0.05, 0.1) is 11.3 Å². The van der Waals surface area contributed by atoms with Gasteiger partial charge >= 0.3 is 6.18 Å². The molecule has 16 heavy (non-hydrogen) atoms. The fourth-order valence-corrected chi connectivity index (χ4v) is 1.07. The van der Waals surface area contributed by atoms with E-state index in [4.69, 9.17) is 0 Å². The molecule has 1 rings (SSSR count). The fourth-order valence-electron chi connectivity index (χ4n) is 1.07. The summed E-state index contributed by atoms with van der Waals surface area (Å²) in [6, 6.07) is 4.79. The summed E-state index contributed by atoms with van der Waals surface area (Å²) < 4.78 is 37.6. The highest BCUT2D eigenvalue weighted by atomic mass is 19.4. The van der Waals surface area contributed by atoms with E-state index in [9.17, 15) is 18.0 Å². The summed E-state index contributed by atoms with van der Waals surface area (Å²) in [5, 5.41) is 2.16. The Bertz CT molecular complexity index is 423. The molecular weight excluding hydrogens is 219 g/mol. The third kappa shape index (κ3) is 2.85. The largest absolute Gasteiger partial charge is 0.418 e. The van der Waals surface area contributed by atoms with Crippen molar-refractivity contribution >= 4 is 11.6 Å². The van der Waals surface area contributed by atoms with E-state index in [0.717, 1.165) is 6.07 Å². The predicted molar refractivity (Wildman–Crippen MR) is 54.9 cm³/mol. The van der Waals surface area contributed by atoms with Crippen molar-refractivity contribution in [2.24, 2.45) is 0 Å². The fraction of sp³-hybridized carbons (Fsp3) is 0.182. The number of carbonyl (C=O) groups excluding carboxylic acids is 1. The lowest BCUT2D eigenvalue weighted by atomic mass is 10.1.